The van der Waals surface area contributed by atoms with Crippen molar-refractivity contribution in [2.24, 2.45) is 0 Å². The van der Waals surface area contributed by atoms with Gasteiger partial charge >= 0.3 is 17.9 Å². The number of carbonyl (C=O) groups is 3. The van der Waals surface area contributed by atoms with Gasteiger partial charge in [-0.05, 0) is 96.3 Å². The number of esters is 3. The van der Waals surface area contributed by atoms with Crippen molar-refractivity contribution in [1.82, 2.24) is 0 Å². The molecule has 0 saturated carbocycles. The predicted octanol–water partition coefficient (Wildman–Crippen LogP) is 18.1. The van der Waals surface area contributed by atoms with E-state index in [2.05, 4.69) is 142 Å². The first-order valence-corrected chi connectivity index (χ1v) is 27.0. The lowest BCUT2D eigenvalue weighted by atomic mass is 10.1. The summed E-state index contributed by atoms with van der Waals surface area (Å²) in [6.45, 7) is 6.39. The smallest absolute Gasteiger partial charge is 0.306 e. The summed E-state index contributed by atoms with van der Waals surface area (Å²) < 4.78 is 16.6. The van der Waals surface area contributed by atoms with Gasteiger partial charge in [0.25, 0.3) is 0 Å². The fourth-order valence-electron chi connectivity index (χ4n) is 6.94. The maximum atomic E-state index is 12.6. The van der Waals surface area contributed by atoms with Crippen molar-refractivity contribution in [3.05, 3.63) is 122 Å². The minimum Gasteiger partial charge on any atom is -0.462 e. The van der Waals surface area contributed by atoms with Crippen molar-refractivity contribution in [2.45, 2.75) is 232 Å². The van der Waals surface area contributed by atoms with Crippen LogP contribution in [-0.4, -0.2) is 37.2 Å². The number of ether oxygens (including phenoxy) is 3. The minimum absolute atomic E-state index is 0.0867. The van der Waals surface area contributed by atoms with Crippen LogP contribution in [0.15, 0.2) is 122 Å². The second-order valence-electron chi connectivity index (χ2n) is 17.4. The molecule has 0 saturated heterocycles. The molecule has 0 spiro atoms. The van der Waals surface area contributed by atoms with Crippen LogP contribution < -0.4 is 0 Å². The highest BCUT2D eigenvalue weighted by molar-refractivity contribution is 5.71. The molecule has 0 aliphatic rings. The first-order chi connectivity index (χ1) is 33.0. The summed E-state index contributed by atoms with van der Waals surface area (Å²) in [7, 11) is 0. The van der Waals surface area contributed by atoms with Gasteiger partial charge in [0.2, 0.25) is 0 Å². The van der Waals surface area contributed by atoms with E-state index in [1.807, 2.05) is 0 Å². The Bertz CT molecular complexity index is 1440. The van der Waals surface area contributed by atoms with Crippen LogP contribution in [-0.2, 0) is 28.6 Å². The first-order valence-electron chi connectivity index (χ1n) is 27.0. The average molecular weight is 927 g/mol. The van der Waals surface area contributed by atoms with Gasteiger partial charge in [-0.1, -0.05) is 232 Å². The number of hydrogen-bond acceptors (Lipinski definition) is 6. The lowest BCUT2D eigenvalue weighted by molar-refractivity contribution is -0.167. The Hall–Kier alpha value is -4.19. The van der Waals surface area contributed by atoms with Crippen LogP contribution in [0.2, 0.25) is 0 Å². The minimum atomic E-state index is -0.782. The molecular weight excluding hydrogens is 829 g/mol. The van der Waals surface area contributed by atoms with E-state index in [9.17, 15) is 14.4 Å². The fourth-order valence-corrected chi connectivity index (χ4v) is 6.94. The molecule has 67 heavy (non-hydrogen) atoms. The van der Waals surface area contributed by atoms with E-state index in [4.69, 9.17) is 14.2 Å². The number of carbonyl (C=O) groups excluding carboxylic acids is 3. The summed E-state index contributed by atoms with van der Waals surface area (Å²) in [5.41, 5.74) is 0. The third-order valence-electron chi connectivity index (χ3n) is 11.0. The quantitative estimate of drug-likeness (QED) is 0.0262. The SMILES string of the molecule is CC/C=C\C/C=C\C/C=C\C/C=C\C/C=C\C/C=C\C/C=C\C/C=C\C/C=C\C/C=C\CCCCCCC(=O)OCC(COC(=O)CCCCCCCC)OC(=O)CCCCCCCCCC. The number of rotatable bonds is 47. The van der Waals surface area contributed by atoms with Crippen LogP contribution >= 0.6 is 0 Å². The molecule has 0 N–H and O–H groups in total. The summed E-state index contributed by atoms with van der Waals surface area (Å²) in [5, 5.41) is 0. The van der Waals surface area contributed by atoms with E-state index in [0.717, 1.165) is 135 Å². The molecule has 0 heterocycles. The molecule has 0 amide bonds. The van der Waals surface area contributed by atoms with Crippen molar-refractivity contribution in [3.8, 4) is 0 Å². The Labute approximate surface area is 412 Å². The van der Waals surface area contributed by atoms with Crippen molar-refractivity contribution < 1.29 is 28.6 Å². The lowest BCUT2D eigenvalue weighted by Gasteiger charge is -2.18. The highest BCUT2D eigenvalue weighted by Crippen LogP contribution is 2.13. The van der Waals surface area contributed by atoms with Crippen LogP contribution in [0.4, 0.5) is 0 Å². The van der Waals surface area contributed by atoms with Gasteiger partial charge in [-0.15, -0.1) is 0 Å². The van der Waals surface area contributed by atoms with Gasteiger partial charge in [-0.3, -0.25) is 14.4 Å². The van der Waals surface area contributed by atoms with Gasteiger partial charge < -0.3 is 14.2 Å². The molecule has 6 nitrogen and oxygen atoms in total. The molecule has 6 heteroatoms. The molecule has 0 aromatic carbocycles. The molecule has 0 aliphatic heterocycles. The third kappa shape index (κ3) is 52.6. The van der Waals surface area contributed by atoms with Gasteiger partial charge in [0, 0.05) is 19.3 Å². The molecule has 378 valence electrons. The Kier molecular flexibility index (Phi) is 51.0. The molecule has 0 aromatic rings. The van der Waals surface area contributed by atoms with Gasteiger partial charge in [-0.2, -0.15) is 0 Å². The van der Waals surface area contributed by atoms with E-state index in [0.29, 0.717) is 19.3 Å². The summed E-state index contributed by atoms with van der Waals surface area (Å²) in [5.74, 6) is -0.935. The van der Waals surface area contributed by atoms with Crippen LogP contribution in [0.5, 0.6) is 0 Å². The molecule has 1 unspecified atom stereocenters. The molecule has 0 rings (SSSR count). The van der Waals surface area contributed by atoms with Gasteiger partial charge in [-0.25, -0.2) is 0 Å². The maximum absolute atomic E-state index is 12.6. The van der Waals surface area contributed by atoms with E-state index in [1.54, 1.807) is 0 Å². The third-order valence-corrected chi connectivity index (χ3v) is 11.0. The summed E-state index contributed by atoms with van der Waals surface area (Å²) in [6, 6.07) is 0. The molecule has 0 aliphatic carbocycles. The van der Waals surface area contributed by atoms with Crippen LogP contribution in [0, 0.1) is 0 Å². The first kappa shape index (κ1) is 62.8. The molecule has 0 bridgehead atoms. The molecule has 1 atom stereocenters. The highest BCUT2D eigenvalue weighted by Gasteiger charge is 2.19. The van der Waals surface area contributed by atoms with Crippen molar-refractivity contribution in [1.29, 1.82) is 0 Å². The number of allylic oxidation sites excluding steroid dienone is 20. The van der Waals surface area contributed by atoms with Crippen LogP contribution in [0.3, 0.4) is 0 Å². The zero-order chi connectivity index (χ0) is 48.6. The lowest BCUT2D eigenvalue weighted by Crippen LogP contribution is -2.30. The van der Waals surface area contributed by atoms with E-state index in [-0.39, 0.29) is 31.1 Å². The Morgan fingerprint density at radius 2 is 0.582 bits per heavy atom. The van der Waals surface area contributed by atoms with Gasteiger partial charge in [0.1, 0.15) is 13.2 Å². The van der Waals surface area contributed by atoms with Gasteiger partial charge in [0.15, 0.2) is 6.10 Å². The second kappa shape index (κ2) is 54.4. The zero-order valence-corrected chi connectivity index (χ0v) is 43.1. The van der Waals surface area contributed by atoms with E-state index >= 15 is 0 Å². The fraction of sp³-hybridized carbons (Fsp3) is 0.623. The number of unbranched alkanes of at least 4 members (excludes halogenated alkanes) is 16. The van der Waals surface area contributed by atoms with Crippen LogP contribution in [0.1, 0.15) is 226 Å². The number of hydrogen-bond donors (Lipinski definition) is 0. The standard InChI is InChI=1S/C61H98O6/c1-4-7-10-13-16-18-19-20-21-22-23-24-25-26-27-28-29-30-31-32-33-34-35-36-37-38-39-40-41-42-43-44-46-48-51-54-60(63)66-57-58(56-65-59(62)53-50-47-15-12-9-6-3)67-61(64)55-52-49-45-17-14-11-8-5-2/h7,10,16,18,20-21,23-24,26-27,29-30,32-33,35-36,38-39,41-42,58H,4-6,8-9,11-15,17,19,22,25,28,31,34,37,40,43-57H2,1-3H3/b10-7-,18-16-,21-20-,24-23-,27-26-,30-29-,33-32-,36-35-,39-38-,42-41-. The normalized spacial score (nSPS) is 13.1. The Morgan fingerprint density at radius 1 is 0.313 bits per heavy atom. The topological polar surface area (TPSA) is 78.9 Å². The van der Waals surface area contributed by atoms with E-state index in [1.165, 1.54) is 51.4 Å². The zero-order valence-electron chi connectivity index (χ0n) is 43.1. The largest absolute Gasteiger partial charge is 0.462 e. The Balaban J connectivity index is 4.08. The highest BCUT2D eigenvalue weighted by atomic mass is 16.6. The monoisotopic (exact) mass is 927 g/mol. The summed E-state index contributed by atoms with van der Waals surface area (Å²) >= 11 is 0. The van der Waals surface area contributed by atoms with E-state index < -0.39 is 6.10 Å². The molecule has 0 fully saturated rings. The molecule has 0 radical (unpaired) electrons. The van der Waals surface area contributed by atoms with Crippen molar-refractivity contribution in [2.75, 3.05) is 13.2 Å². The maximum Gasteiger partial charge on any atom is 0.306 e. The predicted molar refractivity (Wildman–Crippen MR) is 288 cm³/mol. The Morgan fingerprint density at radius 3 is 0.910 bits per heavy atom. The summed E-state index contributed by atoms with van der Waals surface area (Å²) in [6.07, 6.45) is 75.3. The van der Waals surface area contributed by atoms with Crippen LogP contribution in [0.25, 0.3) is 0 Å². The van der Waals surface area contributed by atoms with Gasteiger partial charge in [0.05, 0.1) is 0 Å². The average Bonchev–Trinajstić information content (AvgIpc) is 3.33. The second-order valence-corrected chi connectivity index (χ2v) is 17.4. The van der Waals surface area contributed by atoms with Crippen molar-refractivity contribution in [3.63, 3.8) is 0 Å². The van der Waals surface area contributed by atoms with Crippen molar-refractivity contribution >= 4 is 17.9 Å². The summed E-state index contributed by atoms with van der Waals surface area (Å²) in [4.78, 5) is 37.5. The molecule has 0 aromatic heterocycles. The molecular formula is C61H98O6.